The van der Waals surface area contributed by atoms with Gasteiger partial charge >= 0.3 is 0 Å². The first kappa shape index (κ1) is 15.2. The molecule has 4 nitrogen and oxygen atoms in total. The summed E-state index contributed by atoms with van der Waals surface area (Å²) in [7, 11) is 0. The smallest absolute Gasteiger partial charge is 0.272 e. The molecule has 2 unspecified atom stereocenters. The zero-order valence-electron chi connectivity index (χ0n) is 12.6. The fourth-order valence-electron chi connectivity index (χ4n) is 2.44. The van der Waals surface area contributed by atoms with Gasteiger partial charge < -0.3 is 10.2 Å². The van der Waals surface area contributed by atoms with Crippen molar-refractivity contribution in [2.75, 3.05) is 18.4 Å². The number of pyridine rings is 1. The summed E-state index contributed by atoms with van der Waals surface area (Å²) in [6.45, 7) is 10.1. The van der Waals surface area contributed by atoms with Crippen molar-refractivity contribution < 1.29 is 4.79 Å². The Morgan fingerprint density at radius 3 is 2.60 bits per heavy atom. The van der Waals surface area contributed by atoms with Crippen molar-refractivity contribution in [1.82, 2.24) is 9.88 Å². The van der Waals surface area contributed by atoms with E-state index >= 15 is 0 Å². The van der Waals surface area contributed by atoms with Crippen LogP contribution in [-0.2, 0) is 0 Å². The van der Waals surface area contributed by atoms with Gasteiger partial charge in [-0.2, -0.15) is 11.8 Å². The number of rotatable bonds is 3. The van der Waals surface area contributed by atoms with Crippen molar-refractivity contribution in [2.24, 2.45) is 0 Å². The summed E-state index contributed by atoms with van der Waals surface area (Å²) >= 11 is 1.94. The summed E-state index contributed by atoms with van der Waals surface area (Å²) in [6.07, 6.45) is 0. The molecule has 1 aromatic heterocycles. The zero-order valence-corrected chi connectivity index (χ0v) is 13.4. The number of carbonyl (C=O) groups excluding carboxylic acids is 1. The first-order chi connectivity index (χ1) is 9.45. The van der Waals surface area contributed by atoms with Crippen molar-refractivity contribution in [3.05, 3.63) is 23.9 Å². The Morgan fingerprint density at radius 1 is 1.35 bits per heavy atom. The van der Waals surface area contributed by atoms with Gasteiger partial charge in [0, 0.05) is 29.6 Å². The average Bonchev–Trinajstić information content (AvgIpc) is 2.36. The van der Waals surface area contributed by atoms with Crippen LogP contribution in [0.25, 0.3) is 0 Å². The summed E-state index contributed by atoms with van der Waals surface area (Å²) in [5.74, 6) is 0.801. The van der Waals surface area contributed by atoms with E-state index in [1.54, 1.807) is 6.07 Å². The number of anilines is 1. The Morgan fingerprint density at radius 2 is 2.00 bits per heavy atom. The highest BCUT2D eigenvalue weighted by atomic mass is 32.2. The van der Waals surface area contributed by atoms with E-state index in [-0.39, 0.29) is 5.91 Å². The van der Waals surface area contributed by atoms with Crippen molar-refractivity contribution in [3.63, 3.8) is 0 Å². The van der Waals surface area contributed by atoms with Crippen LogP contribution in [-0.4, -0.2) is 45.4 Å². The van der Waals surface area contributed by atoms with Crippen LogP contribution < -0.4 is 5.32 Å². The molecule has 2 heterocycles. The van der Waals surface area contributed by atoms with Crippen LogP contribution in [0.4, 0.5) is 5.82 Å². The van der Waals surface area contributed by atoms with Crippen molar-refractivity contribution in [1.29, 1.82) is 0 Å². The van der Waals surface area contributed by atoms with E-state index in [0.29, 0.717) is 22.2 Å². The highest BCUT2D eigenvalue weighted by molar-refractivity contribution is 8.00. The molecular weight excluding hydrogens is 270 g/mol. The van der Waals surface area contributed by atoms with Gasteiger partial charge in [0.25, 0.3) is 5.91 Å². The van der Waals surface area contributed by atoms with Crippen LogP contribution in [0.15, 0.2) is 18.2 Å². The number of carbonyl (C=O) groups is 1. The Balaban J connectivity index is 2.12. The van der Waals surface area contributed by atoms with E-state index in [4.69, 9.17) is 0 Å². The van der Waals surface area contributed by atoms with E-state index in [1.165, 1.54) is 0 Å². The molecule has 110 valence electrons. The van der Waals surface area contributed by atoms with Gasteiger partial charge in [-0.3, -0.25) is 4.79 Å². The Hall–Kier alpha value is -1.23. The monoisotopic (exact) mass is 293 g/mol. The second kappa shape index (κ2) is 6.48. The van der Waals surface area contributed by atoms with Gasteiger partial charge in [0.1, 0.15) is 11.5 Å². The van der Waals surface area contributed by atoms with Crippen LogP contribution in [0.3, 0.4) is 0 Å². The van der Waals surface area contributed by atoms with Gasteiger partial charge in [-0.1, -0.05) is 19.9 Å². The lowest BCUT2D eigenvalue weighted by Gasteiger charge is -2.34. The molecule has 20 heavy (non-hydrogen) atoms. The van der Waals surface area contributed by atoms with E-state index in [2.05, 4.69) is 38.0 Å². The molecule has 5 heteroatoms. The highest BCUT2D eigenvalue weighted by Crippen LogP contribution is 2.25. The average molecular weight is 293 g/mol. The molecule has 0 saturated carbocycles. The van der Waals surface area contributed by atoms with Gasteiger partial charge in [0.2, 0.25) is 0 Å². The second-order valence-electron chi connectivity index (χ2n) is 5.67. The fourth-order valence-corrected chi connectivity index (χ4v) is 3.76. The Labute approximate surface area is 125 Å². The number of thioether (sulfide) groups is 1. The molecule has 1 saturated heterocycles. The standard InChI is InChI=1S/C15H23N3OS/c1-10(2)16-14-7-5-6-13(17-14)15(19)18-8-11(3)20-12(4)9-18/h5-7,10-12H,8-9H2,1-4H3,(H,16,17). The minimum atomic E-state index is 0.0383. The lowest BCUT2D eigenvalue weighted by Crippen LogP contribution is -2.44. The first-order valence-electron chi connectivity index (χ1n) is 7.14. The largest absolute Gasteiger partial charge is 0.368 e. The fraction of sp³-hybridized carbons (Fsp3) is 0.600. The van der Waals surface area contributed by atoms with Gasteiger partial charge in [-0.05, 0) is 26.0 Å². The van der Waals surface area contributed by atoms with Crippen LogP contribution in [0, 0.1) is 0 Å². The zero-order chi connectivity index (χ0) is 14.7. The molecule has 2 rings (SSSR count). The normalized spacial score (nSPS) is 22.9. The van der Waals surface area contributed by atoms with Crippen LogP contribution in [0.2, 0.25) is 0 Å². The maximum Gasteiger partial charge on any atom is 0.272 e. The third-order valence-corrected chi connectivity index (χ3v) is 4.34. The molecule has 1 aromatic rings. The third-order valence-electron chi connectivity index (χ3n) is 3.11. The van der Waals surface area contributed by atoms with Gasteiger partial charge in [0.05, 0.1) is 0 Å². The number of nitrogens with one attached hydrogen (secondary N) is 1. The molecule has 1 aliphatic heterocycles. The molecule has 0 radical (unpaired) electrons. The highest BCUT2D eigenvalue weighted by Gasteiger charge is 2.27. The van der Waals surface area contributed by atoms with Crippen molar-refractivity contribution >= 4 is 23.5 Å². The predicted molar refractivity (Wildman–Crippen MR) is 85.4 cm³/mol. The van der Waals surface area contributed by atoms with Gasteiger partial charge in [0.15, 0.2) is 0 Å². The second-order valence-corrected chi connectivity index (χ2v) is 7.56. The van der Waals surface area contributed by atoms with Crippen LogP contribution in [0.1, 0.15) is 38.2 Å². The lowest BCUT2D eigenvalue weighted by atomic mass is 10.2. The number of aromatic nitrogens is 1. The van der Waals surface area contributed by atoms with E-state index < -0.39 is 0 Å². The molecule has 2 atom stereocenters. The molecule has 1 fully saturated rings. The maximum absolute atomic E-state index is 12.6. The summed E-state index contributed by atoms with van der Waals surface area (Å²) in [5, 5.41) is 4.21. The summed E-state index contributed by atoms with van der Waals surface area (Å²) in [4.78, 5) is 18.9. The number of amides is 1. The number of hydrogen-bond acceptors (Lipinski definition) is 4. The summed E-state index contributed by atoms with van der Waals surface area (Å²) in [5.41, 5.74) is 0.530. The van der Waals surface area contributed by atoms with Crippen molar-refractivity contribution in [2.45, 2.75) is 44.2 Å². The molecular formula is C15H23N3OS. The molecule has 1 N–H and O–H groups in total. The third kappa shape index (κ3) is 3.88. The maximum atomic E-state index is 12.6. The molecule has 0 aromatic carbocycles. The van der Waals surface area contributed by atoms with E-state index in [0.717, 1.165) is 18.9 Å². The molecule has 0 bridgehead atoms. The molecule has 0 aliphatic carbocycles. The summed E-state index contributed by atoms with van der Waals surface area (Å²) < 4.78 is 0. The topological polar surface area (TPSA) is 45.2 Å². The number of nitrogens with zero attached hydrogens (tertiary/aromatic N) is 2. The minimum Gasteiger partial charge on any atom is -0.368 e. The number of hydrogen-bond donors (Lipinski definition) is 1. The van der Waals surface area contributed by atoms with Crippen LogP contribution >= 0.6 is 11.8 Å². The van der Waals surface area contributed by atoms with Gasteiger partial charge in [-0.15, -0.1) is 0 Å². The SMILES string of the molecule is CC(C)Nc1cccc(C(=O)N2CC(C)SC(C)C2)n1. The first-order valence-corrected chi connectivity index (χ1v) is 8.08. The summed E-state index contributed by atoms with van der Waals surface area (Å²) in [6, 6.07) is 5.88. The van der Waals surface area contributed by atoms with E-state index in [1.807, 2.05) is 28.8 Å². The quantitative estimate of drug-likeness (QED) is 0.931. The Bertz CT molecular complexity index is 468. The molecule has 0 spiro atoms. The van der Waals surface area contributed by atoms with Gasteiger partial charge in [-0.25, -0.2) is 4.98 Å². The van der Waals surface area contributed by atoms with Crippen LogP contribution in [0.5, 0.6) is 0 Å². The van der Waals surface area contributed by atoms with E-state index in [9.17, 15) is 4.79 Å². The minimum absolute atomic E-state index is 0.0383. The molecule has 1 aliphatic rings. The van der Waals surface area contributed by atoms with Crippen molar-refractivity contribution in [3.8, 4) is 0 Å². The predicted octanol–water partition coefficient (Wildman–Crippen LogP) is 2.87. The Kier molecular flexibility index (Phi) is 4.91. The lowest BCUT2D eigenvalue weighted by molar-refractivity contribution is 0.0747. The molecule has 1 amide bonds.